The quantitative estimate of drug-likeness (QED) is 0.0427. The summed E-state index contributed by atoms with van der Waals surface area (Å²) in [5.74, 6) is -2.18. The van der Waals surface area contributed by atoms with Gasteiger partial charge in [-0.25, -0.2) is 16.8 Å². The minimum absolute atomic E-state index is 0. The maximum atomic E-state index is 12.9. The molecule has 0 aromatic heterocycles. The fourth-order valence-electron chi connectivity index (χ4n) is 5.24. The molecule has 0 unspecified atom stereocenters. The van der Waals surface area contributed by atoms with Crippen LogP contribution < -0.4 is 128 Å². The van der Waals surface area contributed by atoms with E-state index in [9.17, 15) is 46.0 Å². The summed E-state index contributed by atoms with van der Waals surface area (Å²) in [7, 11) is -10.5. The molecular formula is C40H26N8Na4O12S2+2. The zero-order valence-electron chi connectivity index (χ0n) is 35.2. The summed E-state index contributed by atoms with van der Waals surface area (Å²) in [6.45, 7) is 0. The first-order valence-electron chi connectivity index (χ1n) is 17.4. The number of hydrazone groups is 2. The predicted octanol–water partition coefficient (Wildman–Crippen LogP) is -8.43. The monoisotopic (exact) mass is 966 g/mol. The van der Waals surface area contributed by atoms with Crippen LogP contribution >= 0.6 is 0 Å². The van der Waals surface area contributed by atoms with Crippen LogP contribution in [0.1, 0.15) is 11.1 Å². The Kier molecular flexibility index (Phi) is 22.7. The number of aliphatic hydroxyl groups excluding tert-OH is 1. The third-order valence-corrected chi connectivity index (χ3v) is 10.1. The molecule has 2 N–H and O–H groups in total. The second kappa shape index (κ2) is 25.8. The molecule has 2 aromatic carbocycles. The van der Waals surface area contributed by atoms with Gasteiger partial charge in [0.15, 0.2) is 9.74 Å². The van der Waals surface area contributed by atoms with Gasteiger partial charge in [0.25, 0.3) is 17.3 Å². The third-order valence-electron chi connectivity index (χ3n) is 8.32. The second-order valence-electron chi connectivity index (χ2n) is 12.6. The molecule has 0 aliphatic heterocycles. The van der Waals surface area contributed by atoms with Crippen LogP contribution in [0.25, 0.3) is 12.2 Å². The van der Waals surface area contributed by atoms with E-state index in [1.54, 1.807) is 0 Å². The Morgan fingerprint density at radius 2 is 0.758 bits per heavy atom. The van der Waals surface area contributed by atoms with Crippen molar-refractivity contribution in [3.05, 3.63) is 178 Å². The zero-order valence-corrected chi connectivity index (χ0v) is 44.9. The van der Waals surface area contributed by atoms with Crippen molar-refractivity contribution in [3.8, 4) is 0 Å². The van der Waals surface area contributed by atoms with Crippen LogP contribution in [0.3, 0.4) is 0 Å². The molecular weight excluding hydrogens is 941 g/mol. The van der Waals surface area contributed by atoms with Crippen molar-refractivity contribution >= 4 is 78.0 Å². The molecule has 0 fully saturated rings. The van der Waals surface area contributed by atoms with Gasteiger partial charge in [0.2, 0.25) is 0 Å². The van der Waals surface area contributed by atoms with E-state index in [-0.39, 0.29) is 173 Å². The number of benzene rings is 2. The Morgan fingerprint density at radius 1 is 0.470 bits per heavy atom. The Morgan fingerprint density at radius 3 is 1.05 bits per heavy atom. The van der Waals surface area contributed by atoms with E-state index in [1.165, 1.54) is 97.2 Å². The summed E-state index contributed by atoms with van der Waals surface area (Å²) in [4.78, 5) is 24.2. The van der Waals surface area contributed by atoms with Gasteiger partial charge in [-0.15, -0.1) is 0 Å². The van der Waals surface area contributed by atoms with Crippen molar-refractivity contribution in [2.75, 3.05) is 0 Å². The molecule has 0 heterocycles. The summed E-state index contributed by atoms with van der Waals surface area (Å²) in [6, 6.07) is 5.99. The van der Waals surface area contributed by atoms with Gasteiger partial charge < -0.3 is 29.5 Å². The van der Waals surface area contributed by atoms with Gasteiger partial charge in [0.05, 0.1) is 58.2 Å². The minimum Gasteiger partial charge on any atom is -0.884 e. The molecule has 0 radical (unpaired) electrons. The van der Waals surface area contributed by atoms with Crippen molar-refractivity contribution in [2.24, 2.45) is 30.6 Å². The van der Waals surface area contributed by atoms with Crippen LogP contribution in [0.2, 0.25) is 0 Å². The molecule has 0 bridgehead atoms. The third kappa shape index (κ3) is 16.3. The van der Waals surface area contributed by atoms with Crippen molar-refractivity contribution < 1.29 is 174 Å². The average Bonchev–Trinajstić information content (AvgIpc) is 3.24. The van der Waals surface area contributed by atoms with Crippen LogP contribution in [0.15, 0.2) is 197 Å². The fourth-order valence-corrected chi connectivity index (χ4v) is 6.62. The number of nitroso groups, excluding NO2 is 2. The topological polar surface area (TPSA) is 315 Å². The molecule has 0 atom stereocenters. The summed E-state index contributed by atoms with van der Waals surface area (Å²) >= 11 is 0. The van der Waals surface area contributed by atoms with Crippen molar-refractivity contribution in [2.45, 2.75) is 9.79 Å². The molecule has 26 heteroatoms. The maximum absolute atomic E-state index is 12.9. The number of aliphatic hydroxyl groups is 2. The molecule has 0 saturated heterocycles. The van der Waals surface area contributed by atoms with E-state index in [0.717, 1.165) is 48.6 Å². The Labute approximate surface area is 464 Å². The van der Waals surface area contributed by atoms with Crippen LogP contribution in [0, 0.1) is 9.81 Å². The van der Waals surface area contributed by atoms with Gasteiger partial charge in [-0.2, -0.15) is 26.4 Å². The summed E-state index contributed by atoms with van der Waals surface area (Å²) in [5, 5.41) is 63.8. The second-order valence-corrected chi connectivity index (χ2v) is 15.3. The molecule has 20 nitrogen and oxygen atoms in total. The number of hydrogen-bond acceptors (Lipinski definition) is 16. The van der Waals surface area contributed by atoms with Gasteiger partial charge in [0, 0.05) is 24.3 Å². The van der Waals surface area contributed by atoms with Crippen molar-refractivity contribution in [1.82, 2.24) is 0 Å². The van der Waals surface area contributed by atoms with Crippen LogP contribution in [-0.2, 0) is 20.2 Å². The molecule has 0 saturated carbocycles. The largest absolute Gasteiger partial charge is 1.00 e. The predicted molar refractivity (Wildman–Crippen MR) is 221 cm³/mol. The van der Waals surface area contributed by atoms with Gasteiger partial charge >= 0.3 is 118 Å². The Bertz CT molecular complexity index is 2820. The van der Waals surface area contributed by atoms with Gasteiger partial charge in [-0.1, -0.05) is 24.3 Å². The first kappa shape index (κ1) is 57.9. The Balaban J connectivity index is 0.00000374. The SMILES string of the molecule is O=[N+](N=C1C=CC(=NN=C2C=CC(=C([O-])[O-])C=C2)C=C1)c1ccc(/C=C/c2ccc([N+](=O)N=C3C=CC(=NN=C4C=CC(=C(O)O)C=C4)C=C3)cc2S(=O)(=O)[O-])c(S(=O)(=O)[O-])c1.[Na+].[Na+].[Na+].[Na+]. The maximum Gasteiger partial charge on any atom is 1.00 e. The minimum atomic E-state index is -5.25. The first-order chi connectivity index (χ1) is 29.4. The molecule has 4 aliphatic carbocycles. The molecule has 0 spiro atoms. The van der Waals surface area contributed by atoms with Gasteiger partial charge in [0.1, 0.15) is 31.7 Å². The van der Waals surface area contributed by atoms with E-state index in [4.69, 9.17) is 10.2 Å². The summed E-state index contributed by atoms with van der Waals surface area (Å²) in [5.41, 5.74) is 0.597. The molecule has 2 aromatic rings. The molecule has 0 amide bonds. The van der Waals surface area contributed by atoms with E-state index >= 15 is 0 Å². The molecule has 4 aliphatic rings. The number of rotatable bonds is 10. The van der Waals surface area contributed by atoms with Gasteiger partial charge in [-0.3, -0.25) is 0 Å². The zero-order chi connectivity index (χ0) is 44.6. The van der Waals surface area contributed by atoms with E-state index < -0.39 is 41.9 Å². The summed E-state index contributed by atoms with van der Waals surface area (Å²) < 4.78 is 73.6. The summed E-state index contributed by atoms with van der Waals surface area (Å²) in [6.07, 6.45) is 24.9. The van der Waals surface area contributed by atoms with Crippen molar-refractivity contribution in [1.29, 1.82) is 0 Å². The first-order valence-corrected chi connectivity index (χ1v) is 20.2. The van der Waals surface area contributed by atoms with Crippen LogP contribution in [-0.4, -0.2) is 80.2 Å². The fraction of sp³-hybridized carbons (Fsp3) is 0. The molecule has 66 heavy (non-hydrogen) atoms. The Hall–Kier alpha value is -4.18. The van der Waals surface area contributed by atoms with Gasteiger partial charge in [-0.05, 0) is 114 Å². The van der Waals surface area contributed by atoms with E-state index in [0.29, 0.717) is 22.8 Å². The van der Waals surface area contributed by atoms with Crippen LogP contribution in [0.4, 0.5) is 11.4 Å². The number of allylic oxidation sites excluding steroid dienone is 18. The van der Waals surface area contributed by atoms with Crippen molar-refractivity contribution in [3.63, 3.8) is 0 Å². The standard InChI is InChI=1S/C40H28N8O12S2.4Na/c49-39(50)27-3-9-29(10-4-27)41-43-31-13-17-33(18-14-31)45-47(53)35-21-7-25(37(23-35)61(55,56)57)1-2-26-8-22-36(24-38(26)62(58,59)60)48(54)46-34-19-15-32(16-20-34)44-42-30-11-5-28(6-12-30)40(51)52;;;;/h1-24H,(H4-2,41,42,45,46,49,50,51,52,53,54,55,56,57,58,59,60);;;;/q;4*+1/p-2/b2-1+;;;;. The normalized spacial score (nSPS) is 14.8. The molecule has 6 rings (SSSR count). The van der Waals surface area contributed by atoms with E-state index in [1.807, 2.05) is 0 Å². The average molecular weight is 967 g/mol. The number of hydrogen-bond donors (Lipinski definition) is 2. The smallest absolute Gasteiger partial charge is 0.884 e. The molecule has 312 valence electrons. The van der Waals surface area contributed by atoms with Crippen LogP contribution in [0.5, 0.6) is 0 Å². The van der Waals surface area contributed by atoms with E-state index in [2.05, 4.69) is 30.6 Å². The number of nitrogens with zero attached hydrogens (tertiary/aromatic N) is 8.